The van der Waals surface area contributed by atoms with Gasteiger partial charge in [0.2, 0.25) is 0 Å². The first-order chi connectivity index (χ1) is 6.74. The zero-order chi connectivity index (χ0) is 10.4. The second kappa shape index (κ2) is 5.35. The Hall–Kier alpha value is -1.41. The maximum atomic E-state index is 10.2. The summed E-state index contributed by atoms with van der Waals surface area (Å²) in [4.78, 5) is 12.3. The molecule has 2 heteroatoms. The number of hydrogen-bond donors (Lipinski definition) is 0. The Balaban J connectivity index is 2.90. The fraction of sp³-hybridized carbons (Fsp3) is 0.250. The highest BCUT2D eigenvalue weighted by molar-refractivity contribution is 5.74. The first-order valence-electron chi connectivity index (χ1n) is 4.58. The van der Waals surface area contributed by atoms with Gasteiger partial charge in [0, 0.05) is 6.54 Å². The molecule has 0 bridgehead atoms. The van der Waals surface area contributed by atoms with Crippen LogP contribution in [0.5, 0.6) is 0 Å². The van der Waals surface area contributed by atoms with Crippen molar-refractivity contribution in [2.75, 3.05) is 14.1 Å². The predicted molar refractivity (Wildman–Crippen MR) is 58.9 cm³/mol. The van der Waals surface area contributed by atoms with Crippen LogP contribution in [0.3, 0.4) is 0 Å². The number of benzene rings is 1. The van der Waals surface area contributed by atoms with E-state index in [4.69, 9.17) is 0 Å². The predicted octanol–water partition coefficient (Wildman–Crippen LogP) is 1.96. The van der Waals surface area contributed by atoms with Crippen LogP contribution in [-0.2, 0) is 11.3 Å². The van der Waals surface area contributed by atoms with Crippen LogP contribution in [0.2, 0.25) is 0 Å². The first kappa shape index (κ1) is 10.7. The second-order valence-corrected chi connectivity index (χ2v) is 3.43. The van der Waals surface area contributed by atoms with Gasteiger partial charge in [-0.25, -0.2) is 0 Å². The summed E-state index contributed by atoms with van der Waals surface area (Å²) in [5.41, 5.74) is 2.34. The van der Waals surface area contributed by atoms with E-state index in [9.17, 15) is 4.79 Å². The van der Waals surface area contributed by atoms with Crippen molar-refractivity contribution >= 4 is 12.4 Å². The maximum absolute atomic E-state index is 10.2. The summed E-state index contributed by atoms with van der Waals surface area (Å²) in [6, 6.07) is 8.07. The molecule has 0 saturated carbocycles. The Morgan fingerprint density at radius 1 is 1.29 bits per heavy atom. The van der Waals surface area contributed by atoms with E-state index in [1.165, 1.54) is 11.6 Å². The summed E-state index contributed by atoms with van der Waals surface area (Å²) < 4.78 is 0. The molecule has 14 heavy (non-hydrogen) atoms. The van der Waals surface area contributed by atoms with Gasteiger partial charge in [-0.05, 0) is 31.3 Å². The number of aldehydes is 1. The lowest BCUT2D eigenvalue weighted by Gasteiger charge is -2.11. The van der Waals surface area contributed by atoms with Gasteiger partial charge in [0.1, 0.15) is 6.29 Å². The molecule has 0 fully saturated rings. The van der Waals surface area contributed by atoms with Crippen molar-refractivity contribution in [3.8, 4) is 0 Å². The van der Waals surface area contributed by atoms with Gasteiger partial charge in [-0.2, -0.15) is 0 Å². The minimum Gasteiger partial charge on any atom is -0.305 e. The molecular formula is C12H15NO. The van der Waals surface area contributed by atoms with Gasteiger partial charge in [-0.3, -0.25) is 4.79 Å². The largest absolute Gasteiger partial charge is 0.305 e. The molecule has 0 N–H and O–H groups in total. The first-order valence-corrected chi connectivity index (χ1v) is 4.58. The Bertz CT molecular complexity index is 329. The molecule has 0 heterocycles. The lowest BCUT2D eigenvalue weighted by atomic mass is 10.1. The van der Waals surface area contributed by atoms with Crippen LogP contribution in [0.4, 0.5) is 0 Å². The van der Waals surface area contributed by atoms with Gasteiger partial charge in [0.25, 0.3) is 0 Å². The molecule has 0 saturated heterocycles. The van der Waals surface area contributed by atoms with Crippen molar-refractivity contribution < 1.29 is 4.79 Å². The Labute approximate surface area is 84.9 Å². The average Bonchev–Trinajstić information content (AvgIpc) is 2.16. The Morgan fingerprint density at radius 2 is 2.00 bits per heavy atom. The number of allylic oxidation sites excluding steroid dienone is 1. The van der Waals surface area contributed by atoms with E-state index in [1.807, 2.05) is 38.4 Å². The van der Waals surface area contributed by atoms with E-state index in [0.29, 0.717) is 0 Å². The molecule has 0 amide bonds. The fourth-order valence-electron chi connectivity index (χ4n) is 1.32. The normalized spacial score (nSPS) is 11.1. The quantitative estimate of drug-likeness (QED) is 0.533. The van der Waals surface area contributed by atoms with Crippen molar-refractivity contribution in [1.82, 2.24) is 4.90 Å². The molecule has 0 aromatic heterocycles. The van der Waals surface area contributed by atoms with E-state index < -0.39 is 0 Å². The van der Waals surface area contributed by atoms with Crippen molar-refractivity contribution in [2.45, 2.75) is 6.54 Å². The molecule has 2 nitrogen and oxygen atoms in total. The van der Waals surface area contributed by atoms with Gasteiger partial charge in [0.05, 0.1) is 0 Å². The van der Waals surface area contributed by atoms with Crippen molar-refractivity contribution in [3.05, 3.63) is 41.5 Å². The van der Waals surface area contributed by atoms with Crippen molar-refractivity contribution in [1.29, 1.82) is 0 Å². The number of nitrogens with zero attached hydrogens (tertiary/aromatic N) is 1. The SMILES string of the molecule is CN(C)Cc1ccccc1C=CC=O. The lowest BCUT2D eigenvalue weighted by Crippen LogP contribution is -2.11. The molecule has 0 atom stereocenters. The highest BCUT2D eigenvalue weighted by Gasteiger charge is 1.98. The molecule has 0 aliphatic carbocycles. The van der Waals surface area contributed by atoms with Crippen LogP contribution >= 0.6 is 0 Å². The van der Waals surface area contributed by atoms with Crippen LogP contribution in [0.25, 0.3) is 6.08 Å². The molecule has 0 spiro atoms. The Morgan fingerprint density at radius 3 is 2.64 bits per heavy atom. The third kappa shape index (κ3) is 3.15. The number of hydrogen-bond acceptors (Lipinski definition) is 2. The van der Waals surface area contributed by atoms with E-state index in [2.05, 4.69) is 11.0 Å². The molecule has 0 radical (unpaired) electrons. The summed E-state index contributed by atoms with van der Waals surface area (Å²) >= 11 is 0. The highest BCUT2D eigenvalue weighted by Crippen LogP contribution is 2.11. The van der Waals surface area contributed by atoms with Crippen molar-refractivity contribution in [3.63, 3.8) is 0 Å². The van der Waals surface area contributed by atoms with E-state index >= 15 is 0 Å². The molecule has 0 aliphatic rings. The molecule has 1 aromatic carbocycles. The van der Waals surface area contributed by atoms with Crippen LogP contribution in [-0.4, -0.2) is 25.3 Å². The van der Waals surface area contributed by atoms with Crippen LogP contribution in [0, 0.1) is 0 Å². The molecular weight excluding hydrogens is 174 g/mol. The molecule has 74 valence electrons. The van der Waals surface area contributed by atoms with Crippen LogP contribution < -0.4 is 0 Å². The summed E-state index contributed by atoms with van der Waals surface area (Å²) in [6.07, 6.45) is 4.16. The van der Waals surface area contributed by atoms with Gasteiger partial charge >= 0.3 is 0 Å². The Kier molecular flexibility index (Phi) is 4.08. The van der Waals surface area contributed by atoms with E-state index in [0.717, 1.165) is 18.4 Å². The highest BCUT2D eigenvalue weighted by atomic mass is 16.1. The van der Waals surface area contributed by atoms with E-state index in [-0.39, 0.29) is 0 Å². The second-order valence-electron chi connectivity index (χ2n) is 3.43. The number of carbonyl (C=O) groups excluding carboxylic acids is 1. The topological polar surface area (TPSA) is 20.3 Å². The summed E-state index contributed by atoms with van der Waals surface area (Å²) in [6.45, 7) is 0.888. The smallest absolute Gasteiger partial charge is 0.142 e. The third-order valence-corrected chi connectivity index (χ3v) is 1.90. The molecule has 1 aromatic rings. The van der Waals surface area contributed by atoms with Gasteiger partial charge in [-0.1, -0.05) is 30.3 Å². The molecule has 0 unspecified atom stereocenters. The zero-order valence-corrected chi connectivity index (χ0v) is 8.60. The van der Waals surface area contributed by atoms with Gasteiger partial charge < -0.3 is 4.90 Å². The summed E-state index contributed by atoms with van der Waals surface area (Å²) in [5.74, 6) is 0. The van der Waals surface area contributed by atoms with Crippen molar-refractivity contribution in [2.24, 2.45) is 0 Å². The maximum Gasteiger partial charge on any atom is 0.142 e. The third-order valence-electron chi connectivity index (χ3n) is 1.90. The van der Waals surface area contributed by atoms with E-state index in [1.54, 1.807) is 0 Å². The minimum absolute atomic E-state index is 0.798. The van der Waals surface area contributed by atoms with Crippen LogP contribution in [0.15, 0.2) is 30.3 Å². The monoisotopic (exact) mass is 189 g/mol. The van der Waals surface area contributed by atoms with Gasteiger partial charge in [-0.15, -0.1) is 0 Å². The standard InChI is InChI=1S/C12H15NO/c1-13(2)10-12-7-4-3-6-11(12)8-5-9-14/h3-9H,10H2,1-2H3. The zero-order valence-electron chi connectivity index (χ0n) is 8.60. The lowest BCUT2D eigenvalue weighted by molar-refractivity contribution is -0.104. The number of rotatable bonds is 4. The minimum atomic E-state index is 0.798. The summed E-state index contributed by atoms with van der Waals surface area (Å²) in [7, 11) is 4.06. The summed E-state index contributed by atoms with van der Waals surface area (Å²) in [5, 5.41) is 0. The van der Waals surface area contributed by atoms with Gasteiger partial charge in [0.15, 0.2) is 0 Å². The van der Waals surface area contributed by atoms with Crippen LogP contribution in [0.1, 0.15) is 11.1 Å². The number of carbonyl (C=O) groups is 1. The molecule has 0 aliphatic heterocycles. The average molecular weight is 189 g/mol. The fourth-order valence-corrected chi connectivity index (χ4v) is 1.32. The molecule has 1 rings (SSSR count).